The lowest BCUT2D eigenvalue weighted by Gasteiger charge is -2.15. The van der Waals surface area contributed by atoms with Crippen molar-refractivity contribution in [1.29, 1.82) is 0 Å². The Bertz CT molecular complexity index is 1480. The Morgan fingerprint density at radius 3 is 2.49 bits per heavy atom. The molecule has 18 heteroatoms. The molecule has 0 aliphatic rings. The third-order valence-electron chi connectivity index (χ3n) is 5.71. The van der Waals surface area contributed by atoms with Gasteiger partial charge in [-0.15, -0.1) is 0 Å². The van der Waals surface area contributed by atoms with Crippen LogP contribution in [0.5, 0.6) is 0 Å². The number of amides is 3. The summed E-state index contributed by atoms with van der Waals surface area (Å²) in [7, 11) is 0. The standard InChI is InChI=1S/C25H32N10O8/c26-25-33-21-20(23(39)34-25)31-16(12-30-21)11-29-15-3-1-14(2-4-15)22(38)32-17(24(40)41)5-6-18(36)28-7-8-42-9-10-43-13-19(37)35-27/h1-4,12,17,29H,5-11,13,27H2,(H,28,36)(H,32,38)(H,35,37)(H,40,41)(H3,26,30,33,34,39). The number of rotatable bonds is 17. The van der Waals surface area contributed by atoms with Gasteiger partial charge in [0.05, 0.1) is 38.3 Å². The molecule has 0 aliphatic carbocycles. The number of fused-ring (bicyclic) bond motifs is 1. The maximum atomic E-state index is 12.6. The van der Waals surface area contributed by atoms with Crippen LogP contribution in [0.1, 0.15) is 28.9 Å². The van der Waals surface area contributed by atoms with E-state index in [1.54, 1.807) is 12.1 Å². The van der Waals surface area contributed by atoms with E-state index in [1.165, 1.54) is 18.3 Å². The van der Waals surface area contributed by atoms with Crippen LogP contribution in [0.2, 0.25) is 0 Å². The number of carbonyl (C=O) groups excluding carboxylic acids is 3. The van der Waals surface area contributed by atoms with Crippen molar-refractivity contribution in [3.63, 3.8) is 0 Å². The number of nitrogens with zero attached hydrogens (tertiary/aromatic N) is 3. The number of anilines is 2. The minimum absolute atomic E-state index is 0.0505. The molecule has 3 rings (SSSR count). The molecule has 1 unspecified atom stereocenters. The number of aromatic nitrogens is 4. The maximum absolute atomic E-state index is 12.6. The number of H-pyrrole nitrogens is 1. The lowest BCUT2D eigenvalue weighted by Crippen LogP contribution is -2.41. The normalized spacial score (nSPS) is 11.5. The second kappa shape index (κ2) is 16.3. The second-order valence-electron chi connectivity index (χ2n) is 8.90. The van der Waals surface area contributed by atoms with Crippen LogP contribution in [-0.2, 0) is 30.4 Å². The molecular weight excluding hydrogens is 568 g/mol. The van der Waals surface area contributed by atoms with Gasteiger partial charge < -0.3 is 36.3 Å². The van der Waals surface area contributed by atoms with E-state index in [-0.39, 0.29) is 75.0 Å². The van der Waals surface area contributed by atoms with Crippen LogP contribution in [-0.4, -0.2) is 87.7 Å². The zero-order chi connectivity index (χ0) is 31.2. The number of hydrogen-bond donors (Lipinski definition) is 8. The number of ether oxygens (including phenoxy) is 2. The van der Waals surface area contributed by atoms with Crippen LogP contribution < -0.4 is 38.5 Å². The average molecular weight is 601 g/mol. The van der Waals surface area contributed by atoms with Gasteiger partial charge in [0.2, 0.25) is 11.9 Å². The van der Waals surface area contributed by atoms with E-state index in [1.807, 2.05) is 5.43 Å². The van der Waals surface area contributed by atoms with E-state index in [0.29, 0.717) is 11.4 Å². The van der Waals surface area contributed by atoms with Crippen LogP contribution in [0.15, 0.2) is 35.3 Å². The number of hydrazine groups is 1. The van der Waals surface area contributed by atoms with Gasteiger partial charge in [0.1, 0.15) is 12.6 Å². The minimum atomic E-state index is -1.28. The first-order valence-electron chi connectivity index (χ1n) is 13.0. The smallest absolute Gasteiger partial charge is 0.326 e. The predicted octanol–water partition coefficient (Wildman–Crippen LogP) is -1.99. The number of aromatic amines is 1. The van der Waals surface area contributed by atoms with Crippen molar-refractivity contribution in [1.82, 2.24) is 36.0 Å². The molecule has 0 saturated heterocycles. The number of hydrogen-bond acceptors (Lipinski definition) is 13. The van der Waals surface area contributed by atoms with Gasteiger partial charge in [-0.1, -0.05) is 0 Å². The highest BCUT2D eigenvalue weighted by atomic mass is 16.5. The lowest BCUT2D eigenvalue weighted by molar-refractivity contribution is -0.139. The van der Waals surface area contributed by atoms with Crippen molar-refractivity contribution in [2.45, 2.75) is 25.4 Å². The van der Waals surface area contributed by atoms with Gasteiger partial charge >= 0.3 is 5.97 Å². The van der Waals surface area contributed by atoms with E-state index in [9.17, 15) is 29.1 Å². The largest absolute Gasteiger partial charge is 0.480 e. The Kier molecular flexibility index (Phi) is 12.2. The summed E-state index contributed by atoms with van der Waals surface area (Å²) < 4.78 is 10.3. The molecule has 18 nitrogen and oxygen atoms in total. The topological polar surface area (TPSA) is 279 Å². The van der Waals surface area contributed by atoms with Gasteiger partial charge in [-0.25, -0.2) is 20.6 Å². The molecule has 1 aromatic carbocycles. The number of carboxylic acids is 1. The van der Waals surface area contributed by atoms with Crippen molar-refractivity contribution >= 4 is 46.5 Å². The van der Waals surface area contributed by atoms with Gasteiger partial charge in [-0.05, 0) is 30.7 Å². The zero-order valence-corrected chi connectivity index (χ0v) is 22.9. The van der Waals surface area contributed by atoms with E-state index >= 15 is 0 Å². The number of nitrogens with two attached hydrogens (primary N) is 2. The first-order chi connectivity index (χ1) is 20.7. The summed E-state index contributed by atoms with van der Waals surface area (Å²) in [6, 6.07) is 4.96. The zero-order valence-electron chi connectivity index (χ0n) is 22.9. The molecule has 2 heterocycles. The van der Waals surface area contributed by atoms with Gasteiger partial charge in [0.15, 0.2) is 11.2 Å². The average Bonchev–Trinajstić information content (AvgIpc) is 2.99. The molecule has 2 aromatic heterocycles. The molecule has 0 radical (unpaired) electrons. The maximum Gasteiger partial charge on any atom is 0.326 e. The molecule has 43 heavy (non-hydrogen) atoms. The molecular formula is C25H32N10O8. The number of carbonyl (C=O) groups is 4. The summed E-state index contributed by atoms with van der Waals surface area (Å²) in [5, 5.41) is 17.6. The fourth-order valence-electron chi connectivity index (χ4n) is 3.54. The van der Waals surface area contributed by atoms with Gasteiger partial charge in [-0.3, -0.25) is 29.6 Å². The van der Waals surface area contributed by atoms with E-state index in [4.69, 9.17) is 21.1 Å². The molecule has 3 amide bonds. The molecule has 0 saturated carbocycles. The third-order valence-corrected chi connectivity index (χ3v) is 5.71. The number of nitrogen functional groups attached to an aromatic ring is 1. The highest BCUT2D eigenvalue weighted by Crippen LogP contribution is 2.12. The molecule has 3 aromatic rings. The quantitative estimate of drug-likeness (QED) is 0.0360. The van der Waals surface area contributed by atoms with Crippen molar-refractivity contribution in [3.05, 3.63) is 52.1 Å². The summed E-state index contributed by atoms with van der Waals surface area (Å²) in [6.07, 6.45) is 1.20. The van der Waals surface area contributed by atoms with Crippen LogP contribution in [0.4, 0.5) is 11.6 Å². The molecule has 230 valence electrons. The first-order valence-corrected chi connectivity index (χ1v) is 13.0. The van der Waals surface area contributed by atoms with Crippen LogP contribution in [0.3, 0.4) is 0 Å². The Hall–Kier alpha value is -5.20. The van der Waals surface area contributed by atoms with E-state index in [2.05, 4.69) is 35.9 Å². The van der Waals surface area contributed by atoms with Crippen LogP contribution >= 0.6 is 0 Å². The monoisotopic (exact) mass is 600 g/mol. The number of carboxylic acid groups (broad SMARTS) is 1. The second-order valence-corrected chi connectivity index (χ2v) is 8.90. The molecule has 0 bridgehead atoms. The fourth-order valence-corrected chi connectivity index (χ4v) is 3.54. The summed E-state index contributed by atoms with van der Waals surface area (Å²) >= 11 is 0. The predicted molar refractivity (Wildman–Crippen MR) is 151 cm³/mol. The molecule has 0 aliphatic heterocycles. The first kappa shape index (κ1) is 32.3. The van der Waals surface area contributed by atoms with Gasteiger partial charge in [0.25, 0.3) is 17.4 Å². The molecule has 0 fully saturated rings. The number of benzene rings is 1. The number of aliphatic carboxylic acids is 1. The Morgan fingerprint density at radius 1 is 1.02 bits per heavy atom. The fraction of sp³-hybridized carbons (Fsp3) is 0.360. The van der Waals surface area contributed by atoms with Crippen molar-refractivity contribution in [3.8, 4) is 0 Å². The molecule has 0 spiro atoms. The summed E-state index contributed by atoms with van der Waals surface area (Å²) in [5.74, 6) is 2.09. The highest BCUT2D eigenvalue weighted by Gasteiger charge is 2.21. The Balaban J connectivity index is 1.39. The van der Waals surface area contributed by atoms with Crippen LogP contribution in [0, 0.1) is 0 Å². The summed E-state index contributed by atoms with van der Waals surface area (Å²) in [6.45, 7) is 0.766. The Labute approximate surface area is 243 Å². The van der Waals surface area contributed by atoms with Gasteiger partial charge in [-0.2, -0.15) is 4.98 Å². The highest BCUT2D eigenvalue weighted by molar-refractivity contribution is 5.97. The van der Waals surface area contributed by atoms with Crippen molar-refractivity contribution in [2.24, 2.45) is 5.84 Å². The SMILES string of the molecule is NNC(=O)COCCOCCNC(=O)CCC(NC(=O)c1ccc(NCc2cnc3nc(N)[nH]c(=O)c3n2)cc1)C(=O)O. The van der Waals surface area contributed by atoms with Crippen LogP contribution in [0.25, 0.3) is 11.2 Å². The summed E-state index contributed by atoms with van der Waals surface area (Å²) in [4.78, 5) is 73.9. The van der Waals surface area contributed by atoms with E-state index in [0.717, 1.165) is 0 Å². The number of nitrogens with one attached hydrogen (secondary N) is 5. The Morgan fingerprint density at radius 2 is 1.77 bits per heavy atom. The minimum Gasteiger partial charge on any atom is -0.480 e. The van der Waals surface area contributed by atoms with Crippen molar-refractivity contribution in [2.75, 3.05) is 44.0 Å². The molecule has 10 N–H and O–H groups in total. The lowest BCUT2D eigenvalue weighted by atomic mass is 10.1. The van der Waals surface area contributed by atoms with Gasteiger partial charge in [0, 0.05) is 24.2 Å². The summed E-state index contributed by atoms with van der Waals surface area (Å²) in [5.41, 5.74) is 8.41. The third kappa shape index (κ3) is 10.6. The van der Waals surface area contributed by atoms with Crippen molar-refractivity contribution < 1.29 is 33.8 Å². The van der Waals surface area contributed by atoms with E-state index < -0.39 is 35.3 Å². The molecule has 1 atom stereocenters.